The Bertz CT molecular complexity index is 676. The second-order valence-electron chi connectivity index (χ2n) is 3.68. The molecular weight excluding hydrogens is 264 g/mol. The predicted octanol–water partition coefficient (Wildman–Crippen LogP) is 3.33. The molecule has 0 bridgehead atoms. The molecule has 3 nitrogen and oxygen atoms in total. The van der Waals surface area contributed by atoms with Crippen LogP contribution in [-0.4, -0.2) is 15.1 Å². The van der Waals surface area contributed by atoms with Crippen molar-refractivity contribution < 1.29 is 5.11 Å². The summed E-state index contributed by atoms with van der Waals surface area (Å²) in [5, 5.41) is 11.1. The molecule has 2 aromatic heterocycles. The molecule has 0 aliphatic rings. The third-order valence-electron chi connectivity index (χ3n) is 2.50. The van der Waals surface area contributed by atoms with Crippen LogP contribution in [-0.2, 0) is 6.61 Å². The van der Waals surface area contributed by atoms with Crippen LogP contribution in [0, 0.1) is 0 Å². The van der Waals surface area contributed by atoms with Gasteiger partial charge in [-0.3, -0.25) is 0 Å². The van der Waals surface area contributed by atoms with Gasteiger partial charge in [-0.15, -0.1) is 11.3 Å². The minimum absolute atomic E-state index is 0.0930. The normalized spacial score (nSPS) is 10.9. The maximum absolute atomic E-state index is 9.06. The molecule has 0 spiro atoms. The zero-order chi connectivity index (χ0) is 12.4. The molecule has 0 aliphatic heterocycles. The molecule has 3 rings (SSSR count). The lowest BCUT2D eigenvalue weighted by molar-refractivity contribution is 0.285. The van der Waals surface area contributed by atoms with E-state index in [0.29, 0.717) is 0 Å². The minimum Gasteiger partial charge on any atom is -0.391 e. The van der Waals surface area contributed by atoms with Crippen molar-refractivity contribution in [3.63, 3.8) is 0 Å². The summed E-state index contributed by atoms with van der Waals surface area (Å²) in [6.07, 6.45) is 1.59. The van der Waals surface area contributed by atoms with Gasteiger partial charge in [-0.2, -0.15) is 0 Å². The molecule has 5 heteroatoms. The van der Waals surface area contributed by atoms with E-state index >= 15 is 0 Å². The van der Waals surface area contributed by atoms with E-state index < -0.39 is 0 Å². The molecule has 0 saturated carbocycles. The summed E-state index contributed by atoms with van der Waals surface area (Å²) >= 11 is 3.20. The van der Waals surface area contributed by atoms with Crippen LogP contribution in [0.3, 0.4) is 0 Å². The Labute approximate surface area is 113 Å². The van der Waals surface area contributed by atoms with Crippen LogP contribution in [0.2, 0.25) is 0 Å². The van der Waals surface area contributed by atoms with Crippen molar-refractivity contribution in [2.24, 2.45) is 0 Å². The summed E-state index contributed by atoms with van der Waals surface area (Å²) in [5.74, 6) is 0. The van der Waals surface area contributed by atoms with Crippen LogP contribution in [0.1, 0.15) is 4.88 Å². The van der Waals surface area contributed by atoms with Gasteiger partial charge in [0, 0.05) is 10.3 Å². The zero-order valence-corrected chi connectivity index (χ0v) is 11.0. The fraction of sp³-hybridized carbons (Fsp3) is 0.0769. The Hall–Kier alpha value is -1.43. The first-order valence-corrected chi connectivity index (χ1v) is 7.07. The van der Waals surface area contributed by atoms with E-state index in [1.165, 1.54) is 0 Å². The predicted molar refractivity (Wildman–Crippen MR) is 73.9 cm³/mol. The number of fused-ring (bicyclic) bond motifs is 1. The lowest BCUT2D eigenvalue weighted by Gasteiger charge is -2.02. The van der Waals surface area contributed by atoms with Crippen LogP contribution in [0.15, 0.2) is 52.0 Å². The molecule has 1 aromatic carbocycles. The fourth-order valence-electron chi connectivity index (χ4n) is 1.65. The lowest BCUT2D eigenvalue weighted by atomic mass is 10.2. The van der Waals surface area contributed by atoms with Gasteiger partial charge in [0.15, 0.2) is 0 Å². The molecule has 0 unspecified atom stereocenters. The zero-order valence-electron chi connectivity index (χ0n) is 9.41. The number of hydrogen-bond acceptors (Lipinski definition) is 5. The van der Waals surface area contributed by atoms with Crippen LogP contribution in [0.25, 0.3) is 10.9 Å². The van der Waals surface area contributed by atoms with Gasteiger partial charge in [0.25, 0.3) is 0 Å². The molecule has 0 atom stereocenters. The van der Waals surface area contributed by atoms with Gasteiger partial charge in [0.1, 0.15) is 11.4 Å². The third-order valence-corrected chi connectivity index (χ3v) is 4.72. The molecule has 1 N–H and O–H groups in total. The summed E-state index contributed by atoms with van der Waals surface area (Å²) in [6.45, 7) is 0.0930. The van der Waals surface area contributed by atoms with Crippen molar-refractivity contribution in [1.29, 1.82) is 0 Å². The van der Waals surface area contributed by atoms with Crippen molar-refractivity contribution >= 4 is 34.0 Å². The van der Waals surface area contributed by atoms with Gasteiger partial charge >= 0.3 is 0 Å². The maximum Gasteiger partial charge on any atom is 0.117 e. The summed E-state index contributed by atoms with van der Waals surface area (Å²) in [4.78, 5) is 9.55. The van der Waals surface area contributed by atoms with E-state index in [0.717, 1.165) is 25.0 Å². The molecule has 0 fully saturated rings. The monoisotopic (exact) mass is 274 g/mol. The first-order valence-electron chi connectivity index (χ1n) is 5.44. The van der Waals surface area contributed by atoms with Crippen molar-refractivity contribution in [1.82, 2.24) is 9.97 Å². The van der Waals surface area contributed by atoms with Crippen molar-refractivity contribution in [2.45, 2.75) is 15.8 Å². The number of aliphatic hydroxyl groups is 1. The van der Waals surface area contributed by atoms with Gasteiger partial charge in [0.05, 0.1) is 16.3 Å². The first kappa shape index (κ1) is 11.6. The van der Waals surface area contributed by atoms with E-state index in [1.54, 1.807) is 29.4 Å². The Kier molecular flexibility index (Phi) is 3.27. The number of nitrogens with zero attached hydrogens (tertiary/aromatic N) is 2. The average Bonchev–Trinajstić information content (AvgIpc) is 2.87. The Balaban J connectivity index is 1.99. The number of aromatic nitrogens is 2. The summed E-state index contributed by atoms with van der Waals surface area (Å²) in [5.41, 5.74) is 0.953. The van der Waals surface area contributed by atoms with Crippen LogP contribution >= 0.6 is 23.1 Å². The van der Waals surface area contributed by atoms with Crippen LogP contribution in [0.4, 0.5) is 0 Å². The molecule has 0 saturated heterocycles. The SMILES string of the molecule is OCc1ccc(Sc2ncnc3ccccc23)s1. The minimum atomic E-state index is 0.0930. The van der Waals surface area contributed by atoms with Gasteiger partial charge in [-0.1, -0.05) is 30.0 Å². The number of benzene rings is 1. The lowest BCUT2D eigenvalue weighted by Crippen LogP contribution is -1.85. The Morgan fingerprint density at radius 3 is 2.83 bits per heavy atom. The number of para-hydroxylation sites is 1. The number of thiophene rings is 1. The van der Waals surface area contributed by atoms with Gasteiger partial charge in [-0.05, 0) is 18.2 Å². The molecule has 2 heterocycles. The van der Waals surface area contributed by atoms with E-state index in [9.17, 15) is 0 Å². The number of aliphatic hydroxyl groups excluding tert-OH is 1. The Morgan fingerprint density at radius 2 is 2.00 bits per heavy atom. The third kappa shape index (κ3) is 2.25. The summed E-state index contributed by atoms with van der Waals surface area (Å²) in [7, 11) is 0. The van der Waals surface area contributed by atoms with E-state index in [-0.39, 0.29) is 6.61 Å². The van der Waals surface area contributed by atoms with Crippen molar-refractivity contribution in [2.75, 3.05) is 0 Å². The highest BCUT2D eigenvalue weighted by molar-refractivity contribution is 8.01. The summed E-state index contributed by atoms with van der Waals surface area (Å²) in [6, 6.07) is 11.9. The summed E-state index contributed by atoms with van der Waals surface area (Å²) < 4.78 is 1.13. The molecule has 18 heavy (non-hydrogen) atoms. The number of rotatable bonds is 3. The largest absolute Gasteiger partial charge is 0.391 e. The molecule has 0 aliphatic carbocycles. The van der Waals surface area contributed by atoms with Crippen molar-refractivity contribution in [3.8, 4) is 0 Å². The smallest absolute Gasteiger partial charge is 0.117 e. The second-order valence-corrected chi connectivity index (χ2v) is 6.13. The molecule has 0 amide bonds. The molecule has 3 aromatic rings. The highest BCUT2D eigenvalue weighted by atomic mass is 32.2. The maximum atomic E-state index is 9.06. The van der Waals surface area contributed by atoms with Crippen LogP contribution in [0.5, 0.6) is 0 Å². The second kappa shape index (κ2) is 5.06. The first-order chi connectivity index (χ1) is 8.86. The molecular formula is C13H10N2OS2. The highest BCUT2D eigenvalue weighted by Crippen LogP contribution is 2.35. The van der Waals surface area contributed by atoms with Crippen molar-refractivity contribution in [3.05, 3.63) is 47.6 Å². The topological polar surface area (TPSA) is 46.0 Å². The highest BCUT2D eigenvalue weighted by Gasteiger charge is 2.07. The standard InChI is InChI=1S/C13H10N2OS2/c16-7-9-5-6-12(17-9)18-13-10-3-1-2-4-11(10)14-8-15-13/h1-6,8,16H,7H2. The van der Waals surface area contributed by atoms with Gasteiger partial charge < -0.3 is 5.11 Å². The fourth-order valence-corrected chi connectivity index (χ4v) is 3.68. The van der Waals surface area contributed by atoms with E-state index in [2.05, 4.69) is 9.97 Å². The molecule has 0 radical (unpaired) electrons. The van der Waals surface area contributed by atoms with Gasteiger partial charge in [-0.25, -0.2) is 9.97 Å². The van der Waals surface area contributed by atoms with Crippen LogP contribution < -0.4 is 0 Å². The number of hydrogen-bond donors (Lipinski definition) is 1. The van der Waals surface area contributed by atoms with E-state index in [4.69, 9.17) is 5.11 Å². The van der Waals surface area contributed by atoms with Gasteiger partial charge in [0.2, 0.25) is 0 Å². The van der Waals surface area contributed by atoms with E-state index in [1.807, 2.05) is 36.4 Å². The Morgan fingerprint density at radius 1 is 1.11 bits per heavy atom. The quantitative estimate of drug-likeness (QED) is 0.744. The molecule has 90 valence electrons. The average molecular weight is 274 g/mol.